The lowest BCUT2D eigenvalue weighted by atomic mass is 10.0. The van der Waals surface area contributed by atoms with Crippen LogP contribution in [0.25, 0.3) is 0 Å². The van der Waals surface area contributed by atoms with E-state index in [9.17, 15) is 9.90 Å². The van der Waals surface area contributed by atoms with Crippen molar-refractivity contribution in [2.45, 2.75) is 51.0 Å². The highest BCUT2D eigenvalue weighted by Crippen LogP contribution is 2.46. The molecule has 29 heavy (non-hydrogen) atoms. The fourth-order valence-corrected chi connectivity index (χ4v) is 4.27. The summed E-state index contributed by atoms with van der Waals surface area (Å²) in [5, 5.41) is 11.5. The minimum absolute atomic E-state index is 0.0240. The average molecular weight is 423 g/mol. The SMILES string of the molecule is CCOC(=O)c1nsc(C2(O)O[C@H](CC)[C@@H](OC)[C@H]2OCc2ccccc2)c1N. The number of rotatable bonds is 8. The van der Waals surface area contributed by atoms with Gasteiger partial charge in [0, 0.05) is 7.11 Å². The number of nitrogens with zero attached hydrogens (tertiary/aromatic N) is 1. The lowest BCUT2D eigenvalue weighted by Crippen LogP contribution is -2.43. The first-order valence-corrected chi connectivity index (χ1v) is 10.2. The maximum atomic E-state index is 12.1. The minimum atomic E-state index is -1.90. The molecule has 1 fully saturated rings. The molecular weight excluding hydrogens is 396 g/mol. The maximum Gasteiger partial charge on any atom is 0.360 e. The van der Waals surface area contributed by atoms with Gasteiger partial charge < -0.3 is 29.8 Å². The highest BCUT2D eigenvalue weighted by Gasteiger charge is 2.58. The number of methoxy groups -OCH3 is 1. The Morgan fingerprint density at radius 1 is 1.34 bits per heavy atom. The molecule has 0 radical (unpaired) electrons. The van der Waals surface area contributed by atoms with Gasteiger partial charge in [0.05, 0.1) is 25.0 Å². The highest BCUT2D eigenvalue weighted by molar-refractivity contribution is 7.06. The molecule has 3 N–H and O–H groups in total. The van der Waals surface area contributed by atoms with Crippen LogP contribution in [0.5, 0.6) is 0 Å². The summed E-state index contributed by atoms with van der Waals surface area (Å²) >= 11 is 0.891. The third kappa shape index (κ3) is 4.15. The number of esters is 1. The van der Waals surface area contributed by atoms with Crippen LogP contribution in [-0.4, -0.2) is 47.5 Å². The molecule has 1 aromatic heterocycles. The quantitative estimate of drug-likeness (QED) is 0.624. The lowest BCUT2D eigenvalue weighted by molar-refractivity contribution is -0.247. The van der Waals surface area contributed by atoms with E-state index in [0.29, 0.717) is 6.42 Å². The second kappa shape index (κ2) is 9.19. The summed E-state index contributed by atoms with van der Waals surface area (Å²) in [5.74, 6) is -2.55. The summed E-state index contributed by atoms with van der Waals surface area (Å²) in [6.45, 7) is 4.06. The van der Waals surface area contributed by atoms with Gasteiger partial charge in [0.2, 0.25) is 5.79 Å². The first-order valence-electron chi connectivity index (χ1n) is 9.47. The number of aromatic nitrogens is 1. The molecule has 4 atom stereocenters. The van der Waals surface area contributed by atoms with Gasteiger partial charge in [0.25, 0.3) is 0 Å². The van der Waals surface area contributed by atoms with Crippen molar-refractivity contribution >= 4 is 23.2 Å². The highest BCUT2D eigenvalue weighted by atomic mass is 32.1. The van der Waals surface area contributed by atoms with Gasteiger partial charge in [-0.25, -0.2) is 4.79 Å². The topological polar surface area (TPSA) is 113 Å². The van der Waals surface area contributed by atoms with Gasteiger partial charge >= 0.3 is 5.97 Å². The van der Waals surface area contributed by atoms with E-state index >= 15 is 0 Å². The van der Waals surface area contributed by atoms with E-state index in [-0.39, 0.29) is 29.5 Å². The number of benzene rings is 1. The molecule has 2 heterocycles. The zero-order chi connectivity index (χ0) is 21.0. The van der Waals surface area contributed by atoms with Crippen molar-refractivity contribution in [2.75, 3.05) is 19.5 Å². The minimum Gasteiger partial charge on any atom is -0.461 e. The molecule has 0 amide bonds. The molecule has 0 aliphatic carbocycles. The van der Waals surface area contributed by atoms with Crippen LogP contribution in [0, 0.1) is 0 Å². The number of hydrogen-bond donors (Lipinski definition) is 2. The van der Waals surface area contributed by atoms with E-state index in [1.165, 1.54) is 0 Å². The van der Waals surface area contributed by atoms with E-state index in [1.807, 2.05) is 37.3 Å². The summed E-state index contributed by atoms with van der Waals surface area (Å²) in [4.78, 5) is 12.3. The molecule has 158 valence electrons. The fourth-order valence-electron chi connectivity index (χ4n) is 3.43. The van der Waals surface area contributed by atoms with Crippen molar-refractivity contribution in [3.8, 4) is 0 Å². The standard InChI is InChI=1S/C20H26N2O6S/c1-4-13-16(25-3)17(27-11-12-9-7-6-8-10-12)20(24,28-13)18-14(21)15(22-29-18)19(23)26-5-2/h6-10,13,16-17,24H,4-5,11,21H2,1-3H3/t13-,16-,17-,20?/m1/s1. The van der Waals surface area contributed by atoms with E-state index in [0.717, 1.165) is 17.1 Å². The van der Waals surface area contributed by atoms with Gasteiger partial charge in [-0.2, -0.15) is 4.37 Å². The molecule has 0 bridgehead atoms. The Hall–Kier alpha value is -2.04. The van der Waals surface area contributed by atoms with Crippen LogP contribution in [0.4, 0.5) is 5.69 Å². The van der Waals surface area contributed by atoms with Crippen molar-refractivity contribution < 1.29 is 28.8 Å². The van der Waals surface area contributed by atoms with Crippen LogP contribution < -0.4 is 5.73 Å². The number of hydrogen-bond acceptors (Lipinski definition) is 9. The zero-order valence-electron chi connectivity index (χ0n) is 16.7. The summed E-state index contributed by atoms with van der Waals surface area (Å²) in [7, 11) is 1.54. The van der Waals surface area contributed by atoms with E-state index in [1.54, 1.807) is 14.0 Å². The summed E-state index contributed by atoms with van der Waals surface area (Å²) in [6, 6.07) is 9.58. The molecule has 0 saturated carbocycles. The first-order chi connectivity index (χ1) is 14.0. The van der Waals surface area contributed by atoms with Crippen molar-refractivity contribution in [3.05, 3.63) is 46.5 Å². The number of carbonyl (C=O) groups excluding carboxylic acids is 1. The van der Waals surface area contributed by atoms with Crippen molar-refractivity contribution in [2.24, 2.45) is 0 Å². The normalized spacial score (nSPS) is 26.6. The van der Waals surface area contributed by atoms with Gasteiger partial charge in [0.15, 0.2) is 5.69 Å². The Morgan fingerprint density at radius 3 is 2.69 bits per heavy atom. The molecule has 8 nitrogen and oxygen atoms in total. The monoisotopic (exact) mass is 422 g/mol. The number of anilines is 1. The number of aliphatic hydroxyl groups is 1. The van der Waals surface area contributed by atoms with Gasteiger partial charge in [0.1, 0.15) is 17.1 Å². The molecule has 9 heteroatoms. The van der Waals surface area contributed by atoms with E-state index < -0.39 is 30.1 Å². The largest absolute Gasteiger partial charge is 0.461 e. The summed E-state index contributed by atoms with van der Waals surface area (Å²) in [5.41, 5.74) is 7.07. The van der Waals surface area contributed by atoms with Gasteiger partial charge in [-0.3, -0.25) is 0 Å². The Morgan fingerprint density at radius 2 is 2.07 bits per heavy atom. The third-order valence-corrected chi connectivity index (χ3v) is 5.82. The average Bonchev–Trinajstić information content (AvgIpc) is 3.25. The van der Waals surface area contributed by atoms with Crippen LogP contribution >= 0.6 is 11.5 Å². The summed E-state index contributed by atoms with van der Waals surface area (Å²) in [6.07, 6.45) is -1.22. The number of ether oxygens (including phenoxy) is 4. The van der Waals surface area contributed by atoms with Gasteiger partial charge in [-0.1, -0.05) is 37.3 Å². The van der Waals surface area contributed by atoms with Crippen LogP contribution in [0.1, 0.15) is 41.2 Å². The Kier molecular flexibility index (Phi) is 6.86. The Bertz CT molecular complexity index is 830. The molecule has 1 aliphatic rings. The Balaban J connectivity index is 1.94. The van der Waals surface area contributed by atoms with Crippen LogP contribution in [0.15, 0.2) is 30.3 Å². The third-order valence-electron chi connectivity index (χ3n) is 4.85. The number of nitrogen functional groups attached to an aromatic ring is 1. The first kappa shape index (κ1) is 21.7. The molecular formula is C20H26N2O6S. The van der Waals surface area contributed by atoms with E-state index in [2.05, 4.69) is 4.37 Å². The lowest BCUT2D eigenvalue weighted by Gasteiger charge is -2.29. The second-order valence-electron chi connectivity index (χ2n) is 6.67. The molecule has 1 aliphatic heterocycles. The number of carbonyl (C=O) groups is 1. The predicted molar refractivity (Wildman–Crippen MR) is 107 cm³/mol. The molecule has 1 unspecified atom stereocenters. The van der Waals surface area contributed by atoms with E-state index in [4.69, 9.17) is 24.7 Å². The van der Waals surface area contributed by atoms with Gasteiger partial charge in [-0.15, -0.1) is 0 Å². The van der Waals surface area contributed by atoms with Gasteiger partial charge in [-0.05, 0) is 30.4 Å². The zero-order valence-corrected chi connectivity index (χ0v) is 17.5. The van der Waals surface area contributed by atoms with Crippen LogP contribution in [-0.2, 0) is 31.3 Å². The van der Waals surface area contributed by atoms with Crippen molar-refractivity contribution in [1.82, 2.24) is 4.37 Å². The maximum absolute atomic E-state index is 12.1. The fraction of sp³-hybridized carbons (Fsp3) is 0.500. The number of nitrogens with two attached hydrogens (primary N) is 1. The molecule has 1 aromatic carbocycles. The predicted octanol–water partition coefficient (Wildman–Crippen LogP) is 2.46. The molecule has 1 saturated heterocycles. The second-order valence-corrected chi connectivity index (χ2v) is 7.45. The molecule has 2 aromatic rings. The van der Waals surface area contributed by atoms with Crippen LogP contribution in [0.2, 0.25) is 0 Å². The van der Waals surface area contributed by atoms with Crippen molar-refractivity contribution in [1.29, 1.82) is 0 Å². The molecule has 3 rings (SSSR count). The van der Waals surface area contributed by atoms with Crippen LogP contribution in [0.3, 0.4) is 0 Å². The van der Waals surface area contributed by atoms with Crippen molar-refractivity contribution in [3.63, 3.8) is 0 Å². The molecule has 0 spiro atoms. The Labute approximate surface area is 173 Å². The summed E-state index contributed by atoms with van der Waals surface area (Å²) < 4.78 is 26.7. The smallest absolute Gasteiger partial charge is 0.360 e.